The molecule has 19 heavy (non-hydrogen) atoms. The molecular formula is C13H18N4O2. The van der Waals surface area contributed by atoms with Crippen molar-refractivity contribution in [2.45, 2.75) is 39.7 Å². The van der Waals surface area contributed by atoms with Gasteiger partial charge in [-0.05, 0) is 39.8 Å². The number of carbonyl (C=O) groups is 1. The number of hydrogen-bond donors (Lipinski definition) is 2. The van der Waals surface area contributed by atoms with Crippen LogP contribution in [-0.2, 0) is 11.2 Å². The van der Waals surface area contributed by atoms with E-state index in [-0.39, 0.29) is 12.0 Å². The van der Waals surface area contributed by atoms with E-state index in [4.69, 9.17) is 5.11 Å². The Bertz CT molecular complexity index is 625. The molecule has 6 heteroatoms. The number of carboxylic acid groups (broad SMARTS) is 1. The summed E-state index contributed by atoms with van der Waals surface area (Å²) in [7, 11) is 0. The summed E-state index contributed by atoms with van der Waals surface area (Å²) in [4.78, 5) is 15.2. The standard InChI is InChI=1S/C13H18N4O2/c1-8-9(7-12(18)19)17-11(14-8)6-5-10(16-17)15-13(2,3)4/h5-6H,7H2,1-4H3,(H,15,16)(H,18,19). The Kier molecular flexibility index (Phi) is 3.18. The molecule has 0 fully saturated rings. The molecule has 2 N–H and O–H groups in total. The average Bonchev–Trinajstić information content (AvgIpc) is 2.53. The van der Waals surface area contributed by atoms with E-state index in [0.717, 1.165) is 0 Å². The zero-order valence-corrected chi connectivity index (χ0v) is 11.6. The van der Waals surface area contributed by atoms with Gasteiger partial charge >= 0.3 is 5.97 Å². The topological polar surface area (TPSA) is 79.5 Å². The summed E-state index contributed by atoms with van der Waals surface area (Å²) in [6.45, 7) is 7.91. The van der Waals surface area contributed by atoms with Gasteiger partial charge in [-0.3, -0.25) is 4.79 Å². The molecule has 102 valence electrons. The fourth-order valence-corrected chi connectivity index (χ4v) is 1.89. The number of rotatable bonds is 3. The highest BCUT2D eigenvalue weighted by molar-refractivity contribution is 5.70. The van der Waals surface area contributed by atoms with Crippen LogP contribution in [0.25, 0.3) is 5.65 Å². The maximum atomic E-state index is 10.9. The summed E-state index contributed by atoms with van der Waals surface area (Å²) >= 11 is 0. The van der Waals surface area contributed by atoms with Crippen molar-refractivity contribution >= 4 is 17.4 Å². The van der Waals surface area contributed by atoms with Gasteiger partial charge in [-0.2, -0.15) is 0 Å². The Morgan fingerprint density at radius 1 is 1.42 bits per heavy atom. The smallest absolute Gasteiger partial charge is 0.309 e. The number of carboxylic acids is 1. The van der Waals surface area contributed by atoms with Crippen molar-refractivity contribution in [1.82, 2.24) is 14.6 Å². The number of anilines is 1. The van der Waals surface area contributed by atoms with Crippen LogP contribution in [0.2, 0.25) is 0 Å². The molecule has 6 nitrogen and oxygen atoms in total. The lowest BCUT2D eigenvalue weighted by molar-refractivity contribution is -0.136. The van der Waals surface area contributed by atoms with Gasteiger partial charge in [0.05, 0.1) is 17.8 Å². The normalized spacial score (nSPS) is 11.8. The van der Waals surface area contributed by atoms with Crippen LogP contribution in [0.4, 0.5) is 5.82 Å². The highest BCUT2D eigenvalue weighted by atomic mass is 16.4. The van der Waals surface area contributed by atoms with Crippen molar-refractivity contribution in [3.8, 4) is 0 Å². The molecule has 2 aromatic rings. The molecule has 0 spiro atoms. The molecule has 0 aliphatic carbocycles. The molecule has 0 unspecified atom stereocenters. The van der Waals surface area contributed by atoms with Crippen LogP contribution in [0.3, 0.4) is 0 Å². The van der Waals surface area contributed by atoms with Crippen molar-refractivity contribution in [1.29, 1.82) is 0 Å². The second-order valence-electron chi connectivity index (χ2n) is 5.58. The van der Waals surface area contributed by atoms with Gasteiger partial charge in [-0.15, -0.1) is 5.10 Å². The Labute approximate surface area is 111 Å². The summed E-state index contributed by atoms with van der Waals surface area (Å²) in [6, 6.07) is 3.68. The Morgan fingerprint density at radius 3 is 2.68 bits per heavy atom. The van der Waals surface area contributed by atoms with Crippen LogP contribution in [0, 0.1) is 6.92 Å². The third-order valence-electron chi connectivity index (χ3n) is 2.59. The van der Waals surface area contributed by atoms with Gasteiger partial charge < -0.3 is 10.4 Å². The first-order valence-electron chi connectivity index (χ1n) is 6.11. The number of aryl methyl sites for hydroxylation is 1. The zero-order chi connectivity index (χ0) is 14.2. The number of imidazole rings is 1. The number of aliphatic carboxylic acids is 1. The van der Waals surface area contributed by atoms with Crippen molar-refractivity contribution in [2.24, 2.45) is 0 Å². The molecule has 0 aliphatic heterocycles. The van der Waals surface area contributed by atoms with Crippen LogP contribution >= 0.6 is 0 Å². The third-order valence-corrected chi connectivity index (χ3v) is 2.59. The van der Waals surface area contributed by atoms with E-state index in [1.54, 1.807) is 11.4 Å². The summed E-state index contributed by atoms with van der Waals surface area (Å²) in [5.74, 6) is -0.190. The van der Waals surface area contributed by atoms with Gasteiger partial charge in [0.15, 0.2) is 5.65 Å². The number of nitrogens with one attached hydrogen (secondary N) is 1. The molecular weight excluding hydrogens is 244 g/mol. The molecule has 0 radical (unpaired) electrons. The summed E-state index contributed by atoms with van der Waals surface area (Å²) in [6.07, 6.45) is -0.0844. The van der Waals surface area contributed by atoms with Crippen LogP contribution in [0.5, 0.6) is 0 Å². The molecule has 0 aromatic carbocycles. The Hall–Kier alpha value is -2.11. The summed E-state index contributed by atoms with van der Waals surface area (Å²) < 4.78 is 1.59. The van der Waals surface area contributed by atoms with Crippen LogP contribution < -0.4 is 5.32 Å². The molecule has 2 heterocycles. The second-order valence-corrected chi connectivity index (χ2v) is 5.58. The minimum Gasteiger partial charge on any atom is -0.481 e. The maximum Gasteiger partial charge on any atom is 0.309 e. The van der Waals surface area contributed by atoms with E-state index in [1.807, 2.05) is 32.9 Å². The minimum absolute atomic E-state index is 0.0844. The lowest BCUT2D eigenvalue weighted by Gasteiger charge is -2.21. The van der Waals surface area contributed by atoms with E-state index < -0.39 is 5.97 Å². The van der Waals surface area contributed by atoms with Crippen molar-refractivity contribution in [3.05, 3.63) is 23.5 Å². The molecule has 0 aliphatic rings. The van der Waals surface area contributed by atoms with Crippen molar-refractivity contribution in [2.75, 3.05) is 5.32 Å². The first kappa shape index (κ1) is 13.3. The quantitative estimate of drug-likeness (QED) is 0.882. The van der Waals surface area contributed by atoms with Crippen molar-refractivity contribution in [3.63, 3.8) is 0 Å². The fourth-order valence-electron chi connectivity index (χ4n) is 1.89. The minimum atomic E-state index is -0.888. The monoisotopic (exact) mass is 262 g/mol. The van der Waals surface area contributed by atoms with Gasteiger partial charge in [0, 0.05) is 5.54 Å². The highest BCUT2D eigenvalue weighted by Crippen LogP contribution is 2.16. The lowest BCUT2D eigenvalue weighted by Crippen LogP contribution is -2.27. The van der Waals surface area contributed by atoms with Gasteiger partial charge in [-0.1, -0.05) is 0 Å². The van der Waals surface area contributed by atoms with Crippen molar-refractivity contribution < 1.29 is 9.90 Å². The predicted octanol–water partition coefficient (Wildman–Crippen LogP) is 1.88. The fraction of sp³-hybridized carbons (Fsp3) is 0.462. The first-order valence-corrected chi connectivity index (χ1v) is 6.11. The molecule has 2 rings (SSSR count). The molecule has 0 saturated heterocycles. The van der Waals surface area contributed by atoms with E-state index >= 15 is 0 Å². The molecule has 0 saturated carbocycles. The highest BCUT2D eigenvalue weighted by Gasteiger charge is 2.15. The largest absolute Gasteiger partial charge is 0.481 e. The van der Waals surface area contributed by atoms with Gasteiger partial charge in [0.2, 0.25) is 0 Å². The molecule has 0 bridgehead atoms. The molecule has 0 amide bonds. The summed E-state index contributed by atoms with van der Waals surface area (Å²) in [5, 5.41) is 16.6. The number of nitrogens with zero attached hydrogens (tertiary/aromatic N) is 3. The van der Waals surface area contributed by atoms with Gasteiger partial charge in [-0.25, -0.2) is 9.50 Å². The van der Waals surface area contributed by atoms with E-state index in [9.17, 15) is 4.79 Å². The van der Waals surface area contributed by atoms with Crippen LogP contribution in [0.1, 0.15) is 32.2 Å². The first-order chi connectivity index (χ1) is 8.76. The molecule has 2 aromatic heterocycles. The number of aromatic nitrogens is 3. The van der Waals surface area contributed by atoms with Gasteiger partial charge in [0.1, 0.15) is 5.82 Å². The van der Waals surface area contributed by atoms with Gasteiger partial charge in [0.25, 0.3) is 0 Å². The zero-order valence-electron chi connectivity index (χ0n) is 11.6. The van der Waals surface area contributed by atoms with Crippen LogP contribution in [0.15, 0.2) is 12.1 Å². The average molecular weight is 262 g/mol. The van der Waals surface area contributed by atoms with E-state index in [1.165, 1.54) is 0 Å². The summed E-state index contributed by atoms with van der Waals surface area (Å²) in [5.41, 5.74) is 1.86. The SMILES string of the molecule is Cc1nc2ccc(NC(C)(C)C)nn2c1CC(=O)O. The number of hydrogen-bond acceptors (Lipinski definition) is 4. The maximum absolute atomic E-state index is 10.9. The predicted molar refractivity (Wildman–Crippen MR) is 72.4 cm³/mol. The molecule has 0 atom stereocenters. The van der Waals surface area contributed by atoms with E-state index in [2.05, 4.69) is 15.4 Å². The Morgan fingerprint density at radius 2 is 2.11 bits per heavy atom. The Balaban J connectivity index is 2.48. The van der Waals surface area contributed by atoms with Crippen LogP contribution in [-0.4, -0.2) is 31.2 Å². The van der Waals surface area contributed by atoms with E-state index in [0.29, 0.717) is 22.9 Å². The third kappa shape index (κ3) is 3.01. The number of fused-ring (bicyclic) bond motifs is 1. The second kappa shape index (κ2) is 4.53. The lowest BCUT2D eigenvalue weighted by atomic mass is 10.1.